The van der Waals surface area contributed by atoms with Crippen LogP contribution >= 0.6 is 0 Å². The molecule has 0 amide bonds. The number of fused-ring (bicyclic) bond motifs is 2. The minimum Gasteiger partial charge on any atom is -0.451 e. The molecule has 1 N–H and O–H groups in total. The first-order chi connectivity index (χ1) is 12.8. The van der Waals surface area contributed by atoms with Crippen molar-refractivity contribution in [1.29, 1.82) is 0 Å². The molecule has 0 aliphatic heterocycles. The number of esters is 1. The Morgan fingerprint density at radius 2 is 1.41 bits per heavy atom. The maximum Gasteiger partial charge on any atom is 0.309 e. The Morgan fingerprint density at radius 3 is 1.96 bits per heavy atom. The van der Waals surface area contributed by atoms with Gasteiger partial charge in [-0.25, -0.2) is 8.78 Å². The smallest absolute Gasteiger partial charge is 0.309 e. The van der Waals surface area contributed by atoms with Gasteiger partial charge in [0.15, 0.2) is 17.3 Å². The third-order valence-electron chi connectivity index (χ3n) is 8.01. The average Bonchev–Trinajstić information content (AvgIpc) is 2.68. The molecule has 5 heteroatoms. The molecule has 0 heterocycles. The Kier molecular flexibility index (Phi) is 5.11. The van der Waals surface area contributed by atoms with Crippen LogP contribution in [0, 0.1) is 23.7 Å². The molecule has 0 radical (unpaired) electrons. The summed E-state index contributed by atoms with van der Waals surface area (Å²) in [5.41, 5.74) is -3.16. The summed E-state index contributed by atoms with van der Waals surface area (Å²) in [7, 11) is 0. The molecule has 0 aromatic carbocycles. The van der Waals surface area contributed by atoms with Crippen molar-refractivity contribution in [3.05, 3.63) is 11.7 Å². The fourth-order valence-corrected chi connectivity index (χ4v) is 5.92. The normalized spacial score (nSPS) is 45.0. The summed E-state index contributed by atoms with van der Waals surface area (Å²) in [6, 6.07) is 0. The second-order valence-corrected chi connectivity index (χ2v) is 9.71. The molecule has 3 saturated carbocycles. The second-order valence-electron chi connectivity index (χ2n) is 9.71. The number of ether oxygens (including phenoxy) is 1. The number of carbonyl (C=O) groups is 1. The van der Waals surface area contributed by atoms with Crippen LogP contribution in [0.1, 0.15) is 84.0 Å². The maximum absolute atomic E-state index is 14.5. The largest absolute Gasteiger partial charge is 0.451 e. The molecule has 0 aromatic heterocycles. The van der Waals surface area contributed by atoms with E-state index in [2.05, 4.69) is 6.92 Å². The monoisotopic (exact) mass is 382 g/mol. The molecule has 0 saturated heterocycles. The Labute approximate surface area is 160 Å². The molecule has 3 fully saturated rings. The predicted octanol–water partition coefficient (Wildman–Crippen LogP) is 5.37. The van der Waals surface area contributed by atoms with Gasteiger partial charge >= 0.3 is 5.97 Å². The van der Waals surface area contributed by atoms with Gasteiger partial charge in [-0.3, -0.25) is 4.79 Å². The van der Waals surface area contributed by atoms with Crippen molar-refractivity contribution in [2.75, 3.05) is 0 Å². The zero-order valence-corrected chi connectivity index (χ0v) is 16.3. The Morgan fingerprint density at radius 1 is 0.889 bits per heavy atom. The number of halogens is 2. The molecule has 5 aliphatic rings. The van der Waals surface area contributed by atoms with E-state index in [0.29, 0.717) is 5.92 Å². The maximum atomic E-state index is 14.5. The summed E-state index contributed by atoms with van der Waals surface area (Å²) >= 11 is 0. The van der Waals surface area contributed by atoms with Gasteiger partial charge in [0.2, 0.25) is 0 Å². The SMILES string of the molecule is CC1CCC(C2CCC(C(=O)OC34CCC(O)(CC3)C(F)=C4F)CC2)CC1. The van der Waals surface area contributed by atoms with E-state index >= 15 is 0 Å². The number of hydrogen-bond donors (Lipinski definition) is 1. The second kappa shape index (κ2) is 7.13. The zero-order valence-electron chi connectivity index (χ0n) is 16.3. The standard InChI is InChI=1S/C22H32F2O3/c1-14-2-4-15(5-3-14)16-6-8-17(9-7-16)20(25)27-22-12-10-21(26,11-13-22)18(23)19(22)24/h14-17,26H,2-13H2,1H3. The van der Waals surface area contributed by atoms with Crippen LogP contribution < -0.4 is 0 Å². The fraction of sp³-hybridized carbons (Fsp3) is 0.864. The molecule has 0 aromatic rings. The third kappa shape index (κ3) is 3.45. The van der Waals surface area contributed by atoms with E-state index in [0.717, 1.165) is 37.5 Å². The van der Waals surface area contributed by atoms with Crippen molar-refractivity contribution < 1.29 is 23.4 Å². The third-order valence-corrected chi connectivity index (χ3v) is 8.01. The molecule has 27 heavy (non-hydrogen) atoms. The molecule has 0 atom stereocenters. The molecular weight excluding hydrogens is 350 g/mol. The van der Waals surface area contributed by atoms with Crippen LogP contribution in [-0.2, 0) is 9.53 Å². The van der Waals surface area contributed by atoms with E-state index in [1.165, 1.54) is 25.7 Å². The molecule has 5 aliphatic carbocycles. The van der Waals surface area contributed by atoms with Crippen LogP contribution in [-0.4, -0.2) is 22.3 Å². The highest BCUT2D eigenvalue weighted by atomic mass is 19.2. The molecule has 3 nitrogen and oxygen atoms in total. The molecular formula is C22H32F2O3. The molecule has 0 spiro atoms. The lowest BCUT2D eigenvalue weighted by atomic mass is 9.68. The minimum absolute atomic E-state index is 0.117. The van der Waals surface area contributed by atoms with Crippen LogP contribution in [0.15, 0.2) is 11.7 Å². The first-order valence-electron chi connectivity index (χ1n) is 10.8. The summed E-state index contributed by atoms with van der Waals surface area (Å²) in [6.45, 7) is 2.33. The molecule has 5 rings (SSSR count). The lowest BCUT2D eigenvalue weighted by Gasteiger charge is -2.47. The van der Waals surface area contributed by atoms with E-state index in [1.54, 1.807) is 0 Å². The lowest BCUT2D eigenvalue weighted by molar-refractivity contribution is -0.177. The van der Waals surface area contributed by atoms with Gasteiger partial charge in [0.05, 0.1) is 5.92 Å². The van der Waals surface area contributed by atoms with Gasteiger partial charge in [-0.1, -0.05) is 19.8 Å². The van der Waals surface area contributed by atoms with Gasteiger partial charge < -0.3 is 9.84 Å². The molecule has 0 unspecified atom stereocenters. The van der Waals surface area contributed by atoms with Gasteiger partial charge in [0.1, 0.15) is 5.60 Å². The van der Waals surface area contributed by atoms with E-state index < -0.39 is 22.9 Å². The van der Waals surface area contributed by atoms with Crippen molar-refractivity contribution in [2.45, 2.75) is 95.2 Å². The summed E-state index contributed by atoms with van der Waals surface area (Å²) in [6.07, 6.45) is 9.50. The number of rotatable bonds is 3. The first-order valence-corrected chi connectivity index (χ1v) is 10.8. The topological polar surface area (TPSA) is 46.5 Å². The summed E-state index contributed by atoms with van der Waals surface area (Å²) in [5.74, 6) is -0.408. The lowest BCUT2D eigenvalue weighted by Crippen LogP contribution is -2.53. The van der Waals surface area contributed by atoms with Gasteiger partial charge in [0.25, 0.3) is 0 Å². The molecule has 152 valence electrons. The highest BCUT2D eigenvalue weighted by molar-refractivity contribution is 5.73. The summed E-state index contributed by atoms with van der Waals surface area (Å²) in [4.78, 5) is 12.7. The van der Waals surface area contributed by atoms with Crippen LogP contribution in [0.2, 0.25) is 0 Å². The minimum atomic E-state index is -1.69. The van der Waals surface area contributed by atoms with E-state index in [9.17, 15) is 18.7 Å². The van der Waals surface area contributed by atoms with E-state index in [-0.39, 0.29) is 37.6 Å². The van der Waals surface area contributed by atoms with Crippen molar-refractivity contribution in [2.24, 2.45) is 23.7 Å². The van der Waals surface area contributed by atoms with Crippen molar-refractivity contribution in [1.82, 2.24) is 0 Å². The van der Waals surface area contributed by atoms with Gasteiger partial charge in [-0.15, -0.1) is 0 Å². The Balaban J connectivity index is 1.34. The van der Waals surface area contributed by atoms with Crippen LogP contribution in [0.5, 0.6) is 0 Å². The van der Waals surface area contributed by atoms with Crippen LogP contribution in [0.25, 0.3) is 0 Å². The Hall–Kier alpha value is -0.970. The van der Waals surface area contributed by atoms with E-state index in [4.69, 9.17) is 4.74 Å². The average molecular weight is 382 g/mol. The highest BCUT2D eigenvalue weighted by Gasteiger charge is 2.57. The Bertz CT molecular complexity index is 605. The zero-order chi connectivity index (χ0) is 19.2. The predicted molar refractivity (Wildman–Crippen MR) is 98.1 cm³/mol. The quantitative estimate of drug-likeness (QED) is 0.668. The number of carbonyl (C=O) groups excluding carboxylic acids is 1. The first kappa shape index (κ1) is 19.4. The van der Waals surface area contributed by atoms with Gasteiger partial charge in [-0.05, 0) is 82.0 Å². The van der Waals surface area contributed by atoms with Crippen molar-refractivity contribution in [3.8, 4) is 0 Å². The van der Waals surface area contributed by atoms with Gasteiger partial charge in [0, 0.05) is 0 Å². The van der Waals surface area contributed by atoms with Gasteiger partial charge in [-0.2, -0.15) is 0 Å². The van der Waals surface area contributed by atoms with Crippen molar-refractivity contribution >= 4 is 5.97 Å². The van der Waals surface area contributed by atoms with Crippen LogP contribution in [0.3, 0.4) is 0 Å². The summed E-state index contributed by atoms with van der Waals surface area (Å²) < 4.78 is 34.3. The van der Waals surface area contributed by atoms with E-state index in [1.807, 2.05) is 0 Å². The summed E-state index contributed by atoms with van der Waals surface area (Å²) in [5, 5.41) is 10.1. The number of hydrogen-bond acceptors (Lipinski definition) is 3. The number of aliphatic hydroxyl groups is 1. The fourth-order valence-electron chi connectivity index (χ4n) is 5.92. The highest BCUT2D eigenvalue weighted by Crippen LogP contribution is 2.53. The molecule has 2 bridgehead atoms. The van der Waals surface area contributed by atoms with Crippen molar-refractivity contribution in [3.63, 3.8) is 0 Å². The van der Waals surface area contributed by atoms with Crippen LogP contribution in [0.4, 0.5) is 8.78 Å².